The van der Waals surface area contributed by atoms with Gasteiger partial charge in [0.1, 0.15) is 0 Å². The molecule has 0 radical (unpaired) electrons. The highest BCUT2D eigenvalue weighted by atomic mass is 35.5. The third-order valence-electron chi connectivity index (χ3n) is 0.997. The van der Waals surface area contributed by atoms with E-state index in [1.54, 1.807) is 0 Å². The van der Waals surface area contributed by atoms with Gasteiger partial charge in [0.2, 0.25) is 0 Å². The Hall–Kier alpha value is -0.490. The van der Waals surface area contributed by atoms with E-state index in [1.807, 2.05) is 44.2 Å². The van der Waals surface area contributed by atoms with E-state index in [9.17, 15) is 0 Å². The van der Waals surface area contributed by atoms with Gasteiger partial charge in [0.15, 0.2) is 0 Å². The van der Waals surface area contributed by atoms with Gasteiger partial charge in [-0.2, -0.15) is 0 Å². The maximum Gasteiger partial charge on any atom is 0.0474 e. The Kier molecular flexibility index (Phi) is 6.30. The van der Waals surface area contributed by atoms with Crippen LogP contribution < -0.4 is 0 Å². The van der Waals surface area contributed by atoms with E-state index in [-0.39, 0.29) is 0 Å². The van der Waals surface area contributed by atoms with E-state index < -0.39 is 0 Å². The lowest BCUT2D eigenvalue weighted by Crippen LogP contribution is -1.71. The summed E-state index contributed by atoms with van der Waals surface area (Å²) in [5.74, 6) is 0.612. The molecule has 1 aromatic rings. The van der Waals surface area contributed by atoms with Crippen molar-refractivity contribution in [1.82, 2.24) is 0 Å². The van der Waals surface area contributed by atoms with E-state index in [1.165, 1.54) is 5.56 Å². The summed E-state index contributed by atoms with van der Waals surface area (Å²) >= 11 is 5.53. The number of hydrogen-bond acceptors (Lipinski definition) is 0. The molecule has 0 bridgehead atoms. The summed E-state index contributed by atoms with van der Waals surface area (Å²) in [4.78, 5) is 0. The van der Waals surface area contributed by atoms with Crippen molar-refractivity contribution >= 4 is 11.6 Å². The maximum atomic E-state index is 5.53. The van der Waals surface area contributed by atoms with Crippen molar-refractivity contribution in [2.24, 2.45) is 0 Å². The molecule has 0 heterocycles. The molecule has 0 fully saturated rings. The minimum Gasteiger partial charge on any atom is -0.122 e. The summed E-state index contributed by atoms with van der Waals surface area (Å²) in [6.45, 7) is 4.00. The van der Waals surface area contributed by atoms with Crippen LogP contribution in [0.5, 0.6) is 0 Å². The lowest BCUT2D eigenvalue weighted by Gasteiger charge is -1.88. The predicted octanol–water partition coefficient (Wildman–Crippen LogP) is 3.45. The first kappa shape index (κ1) is 9.51. The van der Waals surface area contributed by atoms with Gasteiger partial charge >= 0.3 is 0 Å². The van der Waals surface area contributed by atoms with E-state index in [0.29, 0.717) is 5.88 Å². The summed E-state index contributed by atoms with van der Waals surface area (Å²) in [5, 5.41) is 0. The molecule has 1 rings (SSSR count). The number of rotatable bonds is 1. The van der Waals surface area contributed by atoms with Crippen LogP contribution >= 0.6 is 11.6 Å². The molecule has 0 aromatic heterocycles. The number of benzene rings is 1. The molecule has 1 aromatic carbocycles. The molecule has 0 atom stereocenters. The van der Waals surface area contributed by atoms with Crippen LogP contribution in [0.2, 0.25) is 0 Å². The first-order valence-corrected chi connectivity index (χ1v) is 4.07. The average molecular weight is 157 g/mol. The van der Waals surface area contributed by atoms with Crippen LogP contribution in [0, 0.1) is 0 Å². The minimum absolute atomic E-state index is 0.612. The van der Waals surface area contributed by atoms with Gasteiger partial charge in [0.25, 0.3) is 0 Å². The normalized spacial score (nSPS) is 7.90. The van der Waals surface area contributed by atoms with Crippen molar-refractivity contribution in [3.8, 4) is 0 Å². The Morgan fingerprint density at radius 1 is 1.10 bits per heavy atom. The summed E-state index contributed by atoms with van der Waals surface area (Å²) in [7, 11) is 0. The third kappa shape index (κ3) is 3.52. The molecule has 0 N–H and O–H groups in total. The monoisotopic (exact) mass is 156 g/mol. The van der Waals surface area contributed by atoms with Gasteiger partial charge in [-0.15, -0.1) is 11.6 Å². The van der Waals surface area contributed by atoms with Gasteiger partial charge in [-0.3, -0.25) is 0 Å². The highest BCUT2D eigenvalue weighted by Gasteiger charge is 1.81. The SMILES string of the molecule is CC.ClCc1ccccc1. The maximum absolute atomic E-state index is 5.53. The molecule has 0 saturated carbocycles. The van der Waals surface area contributed by atoms with Crippen LogP contribution in [0.4, 0.5) is 0 Å². The Labute approximate surface area is 67.8 Å². The van der Waals surface area contributed by atoms with E-state index >= 15 is 0 Å². The van der Waals surface area contributed by atoms with Crippen molar-refractivity contribution in [2.45, 2.75) is 19.7 Å². The fraction of sp³-hybridized carbons (Fsp3) is 0.333. The zero-order valence-corrected chi connectivity index (χ0v) is 7.23. The number of hydrogen-bond donors (Lipinski definition) is 0. The fourth-order valence-electron chi connectivity index (χ4n) is 0.567. The van der Waals surface area contributed by atoms with Crippen LogP contribution in [0.15, 0.2) is 30.3 Å². The number of alkyl halides is 1. The van der Waals surface area contributed by atoms with Crippen LogP contribution in [-0.2, 0) is 5.88 Å². The zero-order chi connectivity index (χ0) is 7.82. The molecule has 0 nitrogen and oxygen atoms in total. The van der Waals surface area contributed by atoms with Gasteiger partial charge in [0.05, 0.1) is 0 Å². The molecule has 0 aliphatic rings. The summed E-state index contributed by atoms with van der Waals surface area (Å²) in [6, 6.07) is 9.96. The minimum atomic E-state index is 0.612. The lowest BCUT2D eigenvalue weighted by molar-refractivity contribution is 1.41. The molecule has 10 heavy (non-hydrogen) atoms. The molecular formula is C9H13Cl. The van der Waals surface area contributed by atoms with Crippen LogP contribution in [0.1, 0.15) is 19.4 Å². The standard InChI is InChI=1S/C7H7Cl.C2H6/c8-6-7-4-2-1-3-5-7;1-2/h1-5H,6H2;1-2H3. The summed E-state index contributed by atoms with van der Waals surface area (Å²) < 4.78 is 0. The van der Waals surface area contributed by atoms with E-state index in [2.05, 4.69) is 0 Å². The molecule has 0 amide bonds. The van der Waals surface area contributed by atoms with Crippen LogP contribution in [0.3, 0.4) is 0 Å². The Bertz CT molecular complexity index is 146. The van der Waals surface area contributed by atoms with Crippen molar-refractivity contribution in [3.05, 3.63) is 35.9 Å². The second kappa shape index (κ2) is 6.63. The second-order valence-electron chi connectivity index (χ2n) is 1.62. The molecule has 0 aliphatic heterocycles. The summed E-state index contributed by atoms with van der Waals surface area (Å²) in [6.07, 6.45) is 0. The molecule has 56 valence electrons. The quantitative estimate of drug-likeness (QED) is 0.547. The third-order valence-corrected chi connectivity index (χ3v) is 1.31. The highest BCUT2D eigenvalue weighted by Crippen LogP contribution is 2.00. The smallest absolute Gasteiger partial charge is 0.0474 e. The average Bonchev–Trinajstić information content (AvgIpc) is 2.10. The van der Waals surface area contributed by atoms with Crippen LogP contribution in [-0.4, -0.2) is 0 Å². The van der Waals surface area contributed by atoms with E-state index in [0.717, 1.165) is 0 Å². The van der Waals surface area contributed by atoms with Crippen LogP contribution in [0.25, 0.3) is 0 Å². The van der Waals surface area contributed by atoms with E-state index in [4.69, 9.17) is 11.6 Å². The van der Waals surface area contributed by atoms with Crippen molar-refractivity contribution in [1.29, 1.82) is 0 Å². The Morgan fingerprint density at radius 2 is 1.60 bits per heavy atom. The van der Waals surface area contributed by atoms with Crippen molar-refractivity contribution in [2.75, 3.05) is 0 Å². The topological polar surface area (TPSA) is 0 Å². The second-order valence-corrected chi connectivity index (χ2v) is 1.89. The van der Waals surface area contributed by atoms with Gasteiger partial charge < -0.3 is 0 Å². The Morgan fingerprint density at radius 3 is 1.90 bits per heavy atom. The fourth-order valence-corrected chi connectivity index (χ4v) is 0.745. The summed E-state index contributed by atoms with van der Waals surface area (Å²) in [5.41, 5.74) is 1.18. The van der Waals surface area contributed by atoms with Gasteiger partial charge in [-0.25, -0.2) is 0 Å². The van der Waals surface area contributed by atoms with Gasteiger partial charge in [-0.05, 0) is 5.56 Å². The largest absolute Gasteiger partial charge is 0.122 e. The number of halogens is 1. The van der Waals surface area contributed by atoms with Gasteiger partial charge in [-0.1, -0.05) is 44.2 Å². The molecular weight excluding hydrogens is 144 g/mol. The first-order valence-electron chi connectivity index (χ1n) is 3.53. The molecule has 1 heteroatoms. The first-order chi connectivity index (χ1) is 4.93. The molecule has 0 unspecified atom stereocenters. The highest BCUT2D eigenvalue weighted by molar-refractivity contribution is 6.17. The lowest BCUT2D eigenvalue weighted by atomic mass is 10.2. The molecule has 0 saturated heterocycles. The zero-order valence-electron chi connectivity index (χ0n) is 6.47. The van der Waals surface area contributed by atoms with Crippen molar-refractivity contribution in [3.63, 3.8) is 0 Å². The van der Waals surface area contributed by atoms with Crippen molar-refractivity contribution < 1.29 is 0 Å². The molecule has 0 aliphatic carbocycles. The predicted molar refractivity (Wildman–Crippen MR) is 47.3 cm³/mol. The molecule has 0 spiro atoms. The Balaban J connectivity index is 0.000000371. The van der Waals surface area contributed by atoms with Gasteiger partial charge in [0, 0.05) is 5.88 Å².